The Morgan fingerprint density at radius 3 is 2.70 bits per heavy atom. The standard InChI is InChI=1S/C18H25NO/c1-12(2)16-5-3-4-6-17(16)19-18(20)11-15-10-13-7-8-14(15)9-13/h3-6,12-15H,7-11H2,1-2H3,(H,19,20)/t13-,14-,15-/m1/s1. The molecule has 0 heterocycles. The van der Waals surface area contributed by atoms with E-state index < -0.39 is 0 Å². The molecule has 0 spiro atoms. The molecule has 1 aromatic carbocycles. The van der Waals surface area contributed by atoms with Gasteiger partial charge in [0.2, 0.25) is 5.91 Å². The van der Waals surface area contributed by atoms with Gasteiger partial charge in [-0.2, -0.15) is 0 Å². The number of nitrogens with one attached hydrogen (secondary N) is 1. The molecule has 0 unspecified atom stereocenters. The highest BCUT2D eigenvalue weighted by Crippen LogP contribution is 2.49. The van der Waals surface area contributed by atoms with Crippen LogP contribution in [0.15, 0.2) is 24.3 Å². The van der Waals surface area contributed by atoms with Crippen molar-refractivity contribution in [3.05, 3.63) is 29.8 Å². The van der Waals surface area contributed by atoms with E-state index in [4.69, 9.17) is 0 Å². The van der Waals surface area contributed by atoms with E-state index in [0.717, 1.165) is 17.5 Å². The summed E-state index contributed by atoms with van der Waals surface area (Å²) in [5.74, 6) is 3.02. The number of carbonyl (C=O) groups excluding carboxylic acids is 1. The number of para-hydroxylation sites is 1. The van der Waals surface area contributed by atoms with E-state index in [1.807, 2.05) is 18.2 Å². The first-order chi connectivity index (χ1) is 9.63. The van der Waals surface area contributed by atoms with Crippen LogP contribution in [0.3, 0.4) is 0 Å². The fraction of sp³-hybridized carbons (Fsp3) is 0.611. The Bertz CT molecular complexity index is 494. The topological polar surface area (TPSA) is 29.1 Å². The molecule has 2 aliphatic rings. The normalized spacial score (nSPS) is 28.1. The SMILES string of the molecule is CC(C)c1ccccc1NC(=O)C[C@H]1C[C@@H]2CC[C@@H]1C2. The number of anilines is 1. The lowest BCUT2D eigenvalue weighted by Crippen LogP contribution is -2.20. The Labute approximate surface area is 122 Å². The molecule has 2 saturated carbocycles. The van der Waals surface area contributed by atoms with Gasteiger partial charge in [-0.15, -0.1) is 0 Å². The Kier molecular flexibility index (Phi) is 3.82. The van der Waals surface area contributed by atoms with E-state index in [2.05, 4.69) is 25.2 Å². The summed E-state index contributed by atoms with van der Waals surface area (Å²) < 4.78 is 0. The first kappa shape index (κ1) is 13.7. The Morgan fingerprint density at radius 1 is 1.25 bits per heavy atom. The minimum atomic E-state index is 0.204. The molecule has 0 radical (unpaired) electrons. The van der Waals surface area contributed by atoms with Crippen molar-refractivity contribution in [3.8, 4) is 0 Å². The van der Waals surface area contributed by atoms with Crippen molar-refractivity contribution < 1.29 is 4.79 Å². The average molecular weight is 271 g/mol. The second-order valence-corrected chi connectivity index (χ2v) is 6.93. The van der Waals surface area contributed by atoms with E-state index in [-0.39, 0.29) is 5.91 Å². The van der Waals surface area contributed by atoms with E-state index in [1.54, 1.807) is 0 Å². The Balaban J connectivity index is 1.62. The van der Waals surface area contributed by atoms with E-state index in [9.17, 15) is 4.79 Å². The summed E-state index contributed by atoms with van der Waals surface area (Å²) in [7, 11) is 0. The van der Waals surface area contributed by atoms with Crippen molar-refractivity contribution in [1.29, 1.82) is 0 Å². The molecule has 3 atom stereocenters. The van der Waals surface area contributed by atoms with Gasteiger partial charge in [-0.3, -0.25) is 4.79 Å². The molecule has 2 fully saturated rings. The highest BCUT2D eigenvalue weighted by atomic mass is 16.1. The Morgan fingerprint density at radius 2 is 2.05 bits per heavy atom. The quantitative estimate of drug-likeness (QED) is 0.853. The predicted octanol–water partition coefficient (Wildman–Crippen LogP) is 4.57. The number of rotatable bonds is 4. The maximum absolute atomic E-state index is 12.3. The van der Waals surface area contributed by atoms with Crippen molar-refractivity contribution in [1.82, 2.24) is 0 Å². The van der Waals surface area contributed by atoms with E-state index >= 15 is 0 Å². The highest BCUT2D eigenvalue weighted by molar-refractivity contribution is 5.91. The molecule has 1 N–H and O–H groups in total. The van der Waals surface area contributed by atoms with Gasteiger partial charge >= 0.3 is 0 Å². The summed E-state index contributed by atoms with van der Waals surface area (Å²) in [6.45, 7) is 4.34. The summed E-state index contributed by atoms with van der Waals surface area (Å²) in [6, 6.07) is 8.17. The number of amides is 1. The molecular weight excluding hydrogens is 246 g/mol. The summed E-state index contributed by atoms with van der Waals surface area (Å²) in [6.07, 6.45) is 6.13. The van der Waals surface area contributed by atoms with Gasteiger partial charge in [0.05, 0.1) is 0 Å². The third-order valence-corrected chi connectivity index (χ3v) is 5.19. The van der Waals surface area contributed by atoms with E-state index in [1.165, 1.54) is 31.2 Å². The summed E-state index contributed by atoms with van der Waals surface area (Å²) in [5, 5.41) is 3.14. The van der Waals surface area contributed by atoms with Crippen LogP contribution < -0.4 is 5.32 Å². The fourth-order valence-electron chi connectivity index (χ4n) is 4.18. The summed E-state index contributed by atoms with van der Waals surface area (Å²) in [4.78, 5) is 12.3. The zero-order valence-electron chi connectivity index (χ0n) is 12.6. The number of hydrogen-bond donors (Lipinski definition) is 1. The molecule has 0 aromatic heterocycles. The van der Waals surface area contributed by atoms with Crippen LogP contribution in [0.4, 0.5) is 5.69 Å². The first-order valence-electron chi connectivity index (χ1n) is 8.02. The fourth-order valence-corrected chi connectivity index (χ4v) is 4.18. The van der Waals surface area contributed by atoms with Crippen molar-refractivity contribution in [2.75, 3.05) is 5.32 Å². The average Bonchev–Trinajstić information content (AvgIpc) is 3.01. The van der Waals surface area contributed by atoms with Gasteiger partial charge in [0.1, 0.15) is 0 Å². The number of fused-ring (bicyclic) bond motifs is 2. The molecule has 1 amide bonds. The molecule has 2 aliphatic carbocycles. The lowest BCUT2D eigenvalue weighted by atomic mass is 9.86. The van der Waals surface area contributed by atoms with Crippen LogP contribution in [0, 0.1) is 17.8 Å². The van der Waals surface area contributed by atoms with E-state index in [0.29, 0.717) is 18.3 Å². The smallest absolute Gasteiger partial charge is 0.224 e. The lowest BCUT2D eigenvalue weighted by Gasteiger charge is -2.21. The van der Waals surface area contributed by atoms with Gasteiger partial charge in [-0.25, -0.2) is 0 Å². The van der Waals surface area contributed by atoms with Crippen molar-refractivity contribution in [3.63, 3.8) is 0 Å². The predicted molar refractivity (Wildman–Crippen MR) is 82.7 cm³/mol. The summed E-state index contributed by atoms with van der Waals surface area (Å²) in [5.41, 5.74) is 2.23. The largest absolute Gasteiger partial charge is 0.326 e. The zero-order chi connectivity index (χ0) is 14.1. The molecule has 20 heavy (non-hydrogen) atoms. The molecule has 2 nitrogen and oxygen atoms in total. The van der Waals surface area contributed by atoms with Crippen molar-refractivity contribution in [2.45, 2.75) is 51.9 Å². The number of benzene rings is 1. The van der Waals surface area contributed by atoms with Gasteiger partial charge in [0.15, 0.2) is 0 Å². The molecule has 2 bridgehead atoms. The zero-order valence-corrected chi connectivity index (χ0v) is 12.6. The molecular formula is C18H25NO. The number of hydrogen-bond acceptors (Lipinski definition) is 1. The van der Waals surface area contributed by atoms with Crippen LogP contribution in [0.5, 0.6) is 0 Å². The molecule has 2 heteroatoms. The van der Waals surface area contributed by atoms with Gasteiger partial charge in [-0.05, 0) is 54.6 Å². The van der Waals surface area contributed by atoms with Crippen LogP contribution in [-0.2, 0) is 4.79 Å². The van der Waals surface area contributed by atoms with Crippen molar-refractivity contribution in [2.24, 2.45) is 17.8 Å². The van der Waals surface area contributed by atoms with Crippen LogP contribution in [0.1, 0.15) is 57.4 Å². The lowest BCUT2D eigenvalue weighted by molar-refractivity contribution is -0.117. The Hall–Kier alpha value is -1.31. The highest BCUT2D eigenvalue weighted by Gasteiger charge is 2.40. The first-order valence-corrected chi connectivity index (χ1v) is 8.02. The second-order valence-electron chi connectivity index (χ2n) is 6.93. The summed E-state index contributed by atoms with van der Waals surface area (Å²) >= 11 is 0. The third kappa shape index (κ3) is 2.74. The van der Waals surface area contributed by atoms with Gasteiger partial charge < -0.3 is 5.32 Å². The second kappa shape index (κ2) is 5.59. The van der Waals surface area contributed by atoms with Gasteiger partial charge in [0, 0.05) is 12.1 Å². The molecule has 0 saturated heterocycles. The van der Waals surface area contributed by atoms with Crippen LogP contribution in [0.2, 0.25) is 0 Å². The van der Waals surface area contributed by atoms with Crippen molar-refractivity contribution >= 4 is 11.6 Å². The van der Waals surface area contributed by atoms with Gasteiger partial charge in [0.25, 0.3) is 0 Å². The molecule has 3 rings (SSSR count). The monoisotopic (exact) mass is 271 g/mol. The third-order valence-electron chi connectivity index (χ3n) is 5.19. The minimum Gasteiger partial charge on any atom is -0.326 e. The number of carbonyl (C=O) groups is 1. The maximum Gasteiger partial charge on any atom is 0.224 e. The maximum atomic E-state index is 12.3. The minimum absolute atomic E-state index is 0.204. The molecule has 108 valence electrons. The van der Waals surface area contributed by atoms with Crippen LogP contribution in [0.25, 0.3) is 0 Å². The molecule has 0 aliphatic heterocycles. The van der Waals surface area contributed by atoms with Gasteiger partial charge in [-0.1, -0.05) is 38.5 Å². The molecule has 1 aromatic rings. The van der Waals surface area contributed by atoms with Crippen LogP contribution >= 0.6 is 0 Å². The van der Waals surface area contributed by atoms with Crippen LogP contribution in [-0.4, -0.2) is 5.91 Å².